The van der Waals surface area contributed by atoms with Gasteiger partial charge in [-0.1, -0.05) is 26.7 Å². The lowest BCUT2D eigenvalue weighted by molar-refractivity contribution is -0.150. The number of rotatable bonds is 3. The minimum Gasteiger partial charge on any atom is -0.374 e. The first-order chi connectivity index (χ1) is 8.59. The number of nitrogens with zero attached hydrogens (tertiary/aromatic N) is 1. The number of carbonyl (C=O) groups excluding carboxylic acids is 1. The van der Waals surface area contributed by atoms with Crippen molar-refractivity contribution in [1.82, 2.24) is 4.90 Å². The van der Waals surface area contributed by atoms with Crippen LogP contribution in [0, 0.1) is 5.92 Å². The molecular formula is C14H26N2O2. The Kier molecular flexibility index (Phi) is 4.62. The summed E-state index contributed by atoms with van der Waals surface area (Å²) in [6.45, 7) is 5.57. The maximum atomic E-state index is 12.4. The molecule has 2 N–H and O–H groups in total. The van der Waals surface area contributed by atoms with E-state index in [1.54, 1.807) is 0 Å². The fourth-order valence-electron chi connectivity index (χ4n) is 2.96. The van der Waals surface area contributed by atoms with Crippen molar-refractivity contribution in [2.75, 3.05) is 13.2 Å². The molecule has 0 bridgehead atoms. The summed E-state index contributed by atoms with van der Waals surface area (Å²) in [4.78, 5) is 14.4. The van der Waals surface area contributed by atoms with Gasteiger partial charge in [-0.15, -0.1) is 0 Å². The van der Waals surface area contributed by atoms with Crippen LogP contribution in [0.15, 0.2) is 0 Å². The van der Waals surface area contributed by atoms with Gasteiger partial charge < -0.3 is 15.4 Å². The molecule has 0 aromatic heterocycles. The largest absolute Gasteiger partial charge is 0.374 e. The van der Waals surface area contributed by atoms with Crippen LogP contribution < -0.4 is 5.73 Å². The standard InChI is InChI=1S/C14H26N2O2/c1-10(2)11(15)9-14(17)16-7-8-18-13-6-4-3-5-12(13)16/h10-13H,3-9,15H2,1-2H3. The lowest BCUT2D eigenvalue weighted by Crippen LogP contribution is -2.55. The monoisotopic (exact) mass is 254 g/mol. The molecule has 3 atom stereocenters. The second-order valence-corrected chi connectivity index (χ2v) is 5.96. The van der Waals surface area contributed by atoms with E-state index in [-0.39, 0.29) is 18.1 Å². The highest BCUT2D eigenvalue weighted by atomic mass is 16.5. The molecule has 104 valence electrons. The highest BCUT2D eigenvalue weighted by molar-refractivity contribution is 5.77. The van der Waals surface area contributed by atoms with Crippen molar-refractivity contribution in [3.8, 4) is 0 Å². The maximum absolute atomic E-state index is 12.4. The van der Waals surface area contributed by atoms with Crippen molar-refractivity contribution in [1.29, 1.82) is 0 Å². The van der Waals surface area contributed by atoms with Gasteiger partial charge in [-0.25, -0.2) is 0 Å². The zero-order chi connectivity index (χ0) is 13.1. The number of amides is 1. The smallest absolute Gasteiger partial charge is 0.224 e. The average Bonchev–Trinajstić information content (AvgIpc) is 2.37. The molecular weight excluding hydrogens is 228 g/mol. The van der Waals surface area contributed by atoms with Gasteiger partial charge >= 0.3 is 0 Å². The molecule has 2 rings (SSSR count). The van der Waals surface area contributed by atoms with E-state index < -0.39 is 0 Å². The molecule has 4 nitrogen and oxygen atoms in total. The molecule has 2 fully saturated rings. The minimum atomic E-state index is -0.0256. The molecule has 4 heteroatoms. The predicted octanol–water partition coefficient (Wildman–Crippen LogP) is 1.53. The van der Waals surface area contributed by atoms with Crippen molar-refractivity contribution in [3.63, 3.8) is 0 Å². The summed E-state index contributed by atoms with van der Waals surface area (Å²) in [6, 6.07) is 0.279. The second-order valence-electron chi connectivity index (χ2n) is 5.96. The third-order valence-corrected chi connectivity index (χ3v) is 4.32. The van der Waals surface area contributed by atoms with Crippen LogP contribution in [0.1, 0.15) is 46.0 Å². The molecule has 1 heterocycles. The molecule has 0 spiro atoms. The summed E-state index contributed by atoms with van der Waals surface area (Å²) in [5, 5.41) is 0. The van der Waals surface area contributed by atoms with Gasteiger partial charge in [0.2, 0.25) is 5.91 Å². The zero-order valence-corrected chi connectivity index (χ0v) is 11.6. The molecule has 18 heavy (non-hydrogen) atoms. The van der Waals surface area contributed by atoms with E-state index in [0.717, 1.165) is 19.4 Å². The van der Waals surface area contributed by atoms with E-state index in [1.165, 1.54) is 12.8 Å². The van der Waals surface area contributed by atoms with Gasteiger partial charge in [0.25, 0.3) is 0 Å². The SMILES string of the molecule is CC(C)C(N)CC(=O)N1CCOC2CCCCC21. The summed E-state index contributed by atoms with van der Waals surface area (Å²) < 4.78 is 5.79. The summed E-state index contributed by atoms with van der Waals surface area (Å²) in [6.07, 6.45) is 5.38. The highest BCUT2D eigenvalue weighted by Crippen LogP contribution is 2.29. The molecule has 3 unspecified atom stereocenters. The van der Waals surface area contributed by atoms with Gasteiger partial charge in [0.15, 0.2) is 0 Å². The van der Waals surface area contributed by atoms with Crippen LogP contribution in [0.25, 0.3) is 0 Å². The molecule has 1 amide bonds. The summed E-state index contributed by atoms with van der Waals surface area (Å²) >= 11 is 0. The Hall–Kier alpha value is -0.610. The van der Waals surface area contributed by atoms with Crippen LogP contribution >= 0.6 is 0 Å². The Morgan fingerprint density at radius 2 is 2.11 bits per heavy atom. The van der Waals surface area contributed by atoms with Gasteiger partial charge in [-0.05, 0) is 18.8 Å². The Labute approximate surface area is 110 Å². The number of ether oxygens (including phenoxy) is 1. The number of morpholine rings is 1. The Morgan fingerprint density at radius 3 is 2.83 bits per heavy atom. The number of hydrogen-bond acceptors (Lipinski definition) is 3. The van der Waals surface area contributed by atoms with Crippen molar-refractivity contribution >= 4 is 5.91 Å². The van der Waals surface area contributed by atoms with Crippen LogP contribution in [0.2, 0.25) is 0 Å². The van der Waals surface area contributed by atoms with Crippen LogP contribution in [-0.2, 0) is 9.53 Å². The second kappa shape index (κ2) is 6.02. The highest BCUT2D eigenvalue weighted by Gasteiger charge is 2.36. The molecule has 1 saturated heterocycles. The van der Waals surface area contributed by atoms with Crippen molar-refractivity contribution in [3.05, 3.63) is 0 Å². The quantitative estimate of drug-likeness (QED) is 0.831. The fraction of sp³-hybridized carbons (Fsp3) is 0.929. The third kappa shape index (κ3) is 3.04. The van der Waals surface area contributed by atoms with Gasteiger partial charge in [0.05, 0.1) is 18.8 Å². The average molecular weight is 254 g/mol. The Bertz CT molecular complexity index is 292. The first kappa shape index (κ1) is 13.8. The topological polar surface area (TPSA) is 55.6 Å². The van der Waals surface area contributed by atoms with Crippen LogP contribution in [-0.4, -0.2) is 42.1 Å². The van der Waals surface area contributed by atoms with Crippen LogP contribution in [0.5, 0.6) is 0 Å². The summed E-state index contributed by atoms with van der Waals surface area (Å²) in [5.41, 5.74) is 6.01. The molecule has 0 aromatic rings. The molecule has 1 aliphatic heterocycles. The zero-order valence-electron chi connectivity index (χ0n) is 11.6. The number of hydrogen-bond donors (Lipinski definition) is 1. The molecule has 2 aliphatic rings. The number of carbonyl (C=O) groups is 1. The molecule has 1 aliphatic carbocycles. The lowest BCUT2D eigenvalue weighted by Gasteiger charge is -2.44. The number of nitrogens with two attached hydrogens (primary N) is 1. The van der Waals surface area contributed by atoms with Gasteiger partial charge in [0, 0.05) is 19.0 Å². The van der Waals surface area contributed by atoms with Gasteiger partial charge in [0.1, 0.15) is 0 Å². The van der Waals surface area contributed by atoms with Crippen molar-refractivity contribution in [2.45, 2.75) is 64.1 Å². The van der Waals surface area contributed by atoms with Gasteiger partial charge in [-0.3, -0.25) is 4.79 Å². The molecule has 0 radical (unpaired) electrons. The minimum absolute atomic E-state index is 0.0256. The van der Waals surface area contributed by atoms with E-state index in [2.05, 4.69) is 13.8 Å². The molecule has 1 saturated carbocycles. The lowest BCUT2D eigenvalue weighted by atomic mass is 9.89. The van der Waals surface area contributed by atoms with E-state index in [4.69, 9.17) is 10.5 Å². The summed E-state index contributed by atoms with van der Waals surface area (Å²) in [7, 11) is 0. The third-order valence-electron chi connectivity index (χ3n) is 4.32. The van der Waals surface area contributed by atoms with E-state index in [0.29, 0.717) is 25.0 Å². The van der Waals surface area contributed by atoms with E-state index in [9.17, 15) is 4.79 Å². The van der Waals surface area contributed by atoms with Crippen molar-refractivity contribution in [2.24, 2.45) is 11.7 Å². The van der Waals surface area contributed by atoms with Crippen LogP contribution in [0.4, 0.5) is 0 Å². The first-order valence-electron chi connectivity index (χ1n) is 7.26. The van der Waals surface area contributed by atoms with E-state index >= 15 is 0 Å². The Morgan fingerprint density at radius 1 is 1.39 bits per heavy atom. The first-order valence-corrected chi connectivity index (χ1v) is 7.26. The maximum Gasteiger partial charge on any atom is 0.224 e. The normalized spacial score (nSPS) is 30.1. The fourth-order valence-corrected chi connectivity index (χ4v) is 2.96. The predicted molar refractivity (Wildman–Crippen MR) is 71.1 cm³/mol. The van der Waals surface area contributed by atoms with Crippen LogP contribution in [0.3, 0.4) is 0 Å². The Balaban J connectivity index is 1.95. The summed E-state index contributed by atoms with van der Waals surface area (Å²) in [5.74, 6) is 0.577. The van der Waals surface area contributed by atoms with E-state index in [1.807, 2.05) is 4.90 Å². The van der Waals surface area contributed by atoms with Crippen molar-refractivity contribution < 1.29 is 9.53 Å². The number of fused-ring (bicyclic) bond motifs is 1. The van der Waals surface area contributed by atoms with Gasteiger partial charge in [-0.2, -0.15) is 0 Å². The molecule has 0 aromatic carbocycles.